The van der Waals surface area contributed by atoms with Gasteiger partial charge in [0.15, 0.2) is 0 Å². The van der Waals surface area contributed by atoms with Crippen LogP contribution in [0.25, 0.3) is 0 Å². The van der Waals surface area contributed by atoms with Gasteiger partial charge in [0.25, 0.3) is 0 Å². The zero-order chi connectivity index (χ0) is 13.7. The smallest absolute Gasteiger partial charge is 0.337 e. The van der Waals surface area contributed by atoms with Crippen LogP contribution in [0.5, 0.6) is 0 Å². The normalized spacial score (nSPS) is 9.37. The van der Waals surface area contributed by atoms with Gasteiger partial charge in [0.2, 0.25) is 0 Å². The standard InChI is InChI=1S/C16H11FO2/c1-19-16(18)14-10-7-12(8-11-14)6-9-13-4-2-3-5-15(13)17/h2-5,7-8,10-11H,1H3. The fourth-order valence-electron chi connectivity index (χ4n) is 1.51. The number of carbonyl (C=O) groups excluding carboxylic acids is 1. The molecule has 0 unspecified atom stereocenters. The second-order valence-corrected chi connectivity index (χ2v) is 3.80. The van der Waals surface area contributed by atoms with Crippen molar-refractivity contribution in [3.8, 4) is 11.8 Å². The Morgan fingerprint density at radius 1 is 1.05 bits per heavy atom. The molecule has 0 heterocycles. The molecule has 0 fully saturated rings. The van der Waals surface area contributed by atoms with Gasteiger partial charge in [-0.3, -0.25) is 0 Å². The summed E-state index contributed by atoms with van der Waals surface area (Å²) in [7, 11) is 1.33. The third-order valence-corrected chi connectivity index (χ3v) is 2.52. The summed E-state index contributed by atoms with van der Waals surface area (Å²) < 4.78 is 17.9. The van der Waals surface area contributed by atoms with Gasteiger partial charge in [-0.25, -0.2) is 9.18 Å². The first-order valence-electron chi connectivity index (χ1n) is 5.65. The Labute approximate surface area is 110 Å². The molecule has 0 aromatic heterocycles. The highest BCUT2D eigenvalue weighted by molar-refractivity contribution is 5.89. The maximum atomic E-state index is 13.3. The predicted molar refractivity (Wildman–Crippen MR) is 70.2 cm³/mol. The Kier molecular flexibility index (Phi) is 3.94. The third kappa shape index (κ3) is 3.20. The number of ether oxygens (including phenoxy) is 1. The van der Waals surface area contributed by atoms with Crippen molar-refractivity contribution in [1.29, 1.82) is 0 Å². The Morgan fingerprint density at radius 3 is 2.37 bits per heavy atom. The van der Waals surface area contributed by atoms with Gasteiger partial charge in [-0.05, 0) is 36.4 Å². The summed E-state index contributed by atoms with van der Waals surface area (Å²) in [6.45, 7) is 0. The zero-order valence-electron chi connectivity index (χ0n) is 10.3. The second kappa shape index (κ2) is 5.83. The summed E-state index contributed by atoms with van der Waals surface area (Å²) in [6.07, 6.45) is 0. The predicted octanol–water partition coefficient (Wildman–Crippen LogP) is 3.01. The number of hydrogen-bond donors (Lipinski definition) is 0. The lowest BCUT2D eigenvalue weighted by Crippen LogP contribution is -2.00. The van der Waals surface area contributed by atoms with E-state index in [-0.39, 0.29) is 5.82 Å². The average Bonchev–Trinajstić information content (AvgIpc) is 2.46. The van der Waals surface area contributed by atoms with Crippen LogP contribution in [0.3, 0.4) is 0 Å². The number of esters is 1. The number of halogens is 1. The minimum atomic E-state index is -0.395. The minimum Gasteiger partial charge on any atom is -0.465 e. The third-order valence-electron chi connectivity index (χ3n) is 2.52. The molecule has 0 spiro atoms. The lowest BCUT2D eigenvalue weighted by Gasteiger charge is -1.98. The first-order valence-corrected chi connectivity index (χ1v) is 5.65. The Bertz CT molecular complexity index is 648. The molecule has 94 valence electrons. The summed E-state index contributed by atoms with van der Waals surface area (Å²) in [5, 5.41) is 0. The van der Waals surface area contributed by atoms with Crippen LogP contribution in [-0.2, 0) is 4.74 Å². The van der Waals surface area contributed by atoms with Gasteiger partial charge >= 0.3 is 5.97 Å². The maximum Gasteiger partial charge on any atom is 0.337 e. The second-order valence-electron chi connectivity index (χ2n) is 3.80. The largest absolute Gasteiger partial charge is 0.465 e. The fourth-order valence-corrected chi connectivity index (χ4v) is 1.51. The molecule has 0 aliphatic heterocycles. The number of benzene rings is 2. The molecule has 0 saturated carbocycles. The van der Waals surface area contributed by atoms with E-state index in [0.29, 0.717) is 16.7 Å². The Hall–Kier alpha value is -2.60. The molecule has 0 bridgehead atoms. The molecule has 2 aromatic carbocycles. The van der Waals surface area contributed by atoms with Crippen molar-refractivity contribution in [1.82, 2.24) is 0 Å². The Balaban J connectivity index is 2.22. The fraction of sp³-hybridized carbons (Fsp3) is 0.0625. The van der Waals surface area contributed by atoms with Crippen LogP contribution < -0.4 is 0 Å². The topological polar surface area (TPSA) is 26.3 Å². The van der Waals surface area contributed by atoms with E-state index in [1.54, 1.807) is 42.5 Å². The van der Waals surface area contributed by atoms with Gasteiger partial charge in [-0.2, -0.15) is 0 Å². The van der Waals surface area contributed by atoms with Gasteiger partial charge in [-0.1, -0.05) is 24.0 Å². The number of rotatable bonds is 1. The average molecular weight is 254 g/mol. The summed E-state index contributed by atoms with van der Waals surface area (Å²) in [5.74, 6) is 4.85. The number of methoxy groups -OCH3 is 1. The molecule has 3 heteroatoms. The molecular formula is C16H11FO2. The molecule has 0 saturated heterocycles. The van der Waals surface area contributed by atoms with Crippen LogP contribution in [0.2, 0.25) is 0 Å². The van der Waals surface area contributed by atoms with Crippen molar-refractivity contribution in [2.45, 2.75) is 0 Å². The quantitative estimate of drug-likeness (QED) is 0.577. The highest BCUT2D eigenvalue weighted by atomic mass is 19.1. The summed E-state index contributed by atoms with van der Waals surface area (Å²) in [5.41, 5.74) is 1.51. The Morgan fingerprint density at radius 2 is 1.74 bits per heavy atom. The van der Waals surface area contributed by atoms with Crippen LogP contribution in [0, 0.1) is 17.7 Å². The molecule has 0 radical (unpaired) electrons. The van der Waals surface area contributed by atoms with Gasteiger partial charge in [0, 0.05) is 5.56 Å². The highest BCUT2D eigenvalue weighted by Gasteiger charge is 2.03. The monoisotopic (exact) mass is 254 g/mol. The van der Waals surface area contributed by atoms with Gasteiger partial charge in [0.1, 0.15) is 5.82 Å². The van der Waals surface area contributed by atoms with Crippen molar-refractivity contribution in [2.75, 3.05) is 7.11 Å². The molecule has 0 amide bonds. The highest BCUT2D eigenvalue weighted by Crippen LogP contribution is 2.07. The minimum absolute atomic E-state index is 0.346. The number of carbonyl (C=O) groups is 1. The molecule has 0 aliphatic carbocycles. The number of hydrogen-bond acceptors (Lipinski definition) is 2. The molecule has 2 rings (SSSR count). The van der Waals surface area contributed by atoms with E-state index in [1.807, 2.05) is 0 Å². The summed E-state index contributed by atoms with van der Waals surface area (Å²) in [6, 6.07) is 13.0. The summed E-state index contributed by atoms with van der Waals surface area (Å²) in [4.78, 5) is 11.2. The first kappa shape index (κ1) is 12.8. The summed E-state index contributed by atoms with van der Waals surface area (Å²) >= 11 is 0. The molecule has 0 aliphatic rings. The SMILES string of the molecule is COC(=O)c1ccc(C#Cc2ccccc2F)cc1. The molecule has 19 heavy (non-hydrogen) atoms. The van der Waals surface area contributed by atoms with Gasteiger partial charge < -0.3 is 4.74 Å². The van der Waals surface area contributed by atoms with Gasteiger partial charge in [0.05, 0.1) is 18.2 Å². The molecule has 2 nitrogen and oxygen atoms in total. The van der Waals surface area contributed by atoms with E-state index in [0.717, 1.165) is 0 Å². The van der Waals surface area contributed by atoms with E-state index in [2.05, 4.69) is 16.6 Å². The van der Waals surface area contributed by atoms with Crippen LogP contribution in [0.15, 0.2) is 48.5 Å². The van der Waals surface area contributed by atoms with Crippen molar-refractivity contribution in [2.24, 2.45) is 0 Å². The molecular weight excluding hydrogens is 243 g/mol. The van der Waals surface area contributed by atoms with Crippen molar-refractivity contribution in [3.63, 3.8) is 0 Å². The molecule has 0 atom stereocenters. The van der Waals surface area contributed by atoms with Crippen LogP contribution in [0.4, 0.5) is 4.39 Å². The van der Waals surface area contributed by atoms with Crippen molar-refractivity contribution >= 4 is 5.97 Å². The van der Waals surface area contributed by atoms with Crippen LogP contribution in [0.1, 0.15) is 21.5 Å². The van der Waals surface area contributed by atoms with E-state index in [1.165, 1.54) is 13.2 Å². The van der Waals surface area contributed by atoms with Gasteiger partial charge in [-0.15, -0.1) is 0 Å². The van der Waals surface area contributed by atoms with Crippen molar-refractivity contribution in [3.05, 3.63) is 71.0 Å². The molecule has 0 N–H and O–H groups in total. The lowest BCUT2D eigenvalue weighted by atomic mass is 10.1. The lowest BCUT2D eigenvalue weighted by molar-refractivity contribution is 0.0600. The van der Waals surface area contributed by atoms with Crippen LogP contribution >= 0.6 is 0 Å². The zero-order valence-corrected chi connectivity index (χ0v) is 10.3. The van der Waals surface area contributed by atoms with E-state index in [4.69, 9.17) is 0 Å². The van der Waals surface area contributed by atoms with E-state index in [9.17, 15) is 9.18 Å². The van der Waals surface area contributed by atoms with Crippen molar-refractivity contribution < 1.29 is 13.9 Å². The van der Waals surface area contributed by atoms with Crippen LogP contribution in [-0.4, -0.2) is 13.1 Å². The van der Waals surface area contributed by atoms with E-state index < -0.39 is 5.97 Å². The first-order chi connectivity index (χ1) is 9.20. The maximum absolute atomic E-state index is 13.3. The van der Waals surface area contributed by atoms with E-state index >= 15 is 0 Å². The molecule has 2 aromatic rings.